The number of anilines is 1. The topological polar surface area (TPSA) is 53.9 Å². The molecule has 0 aliphatic rings. The highest BCUT2D eigenvalue weighted by Crippen LogP contribution is 2.16. The maximum atomic E-state index is 5.24. The number of furan rings is 1. The molecule has 0 fully saturated rings. The molecule has 2 heterocycles. The first-order valence-electron chi connectivity index (χ1n) is 5.54. The number of fused-ring (bicyclic) bond motifs is 1. The van der Waals surface area contributed by atoms with Gasteiger partial charge in [0, 0.05) is 0 Å². The fraction of sp³-hybridized carbons (Fsp3) is 0.154. The summed E-state index contributed by atoms with van der Waals surface area (Å²) in [7, 11) is 0. The predicted molar refractivity (Wildman–Crippen MR) is 66.9 cm³/mol. The van der Waals surface area contributed by atoms with Crippen LogP contribution in [0.3, 0.4) is 0 Å². The molecule has 86 valence electrons. The summed E-state index contributed by atoms with van der Waals surface area (Å²) in [6.07, 6.45) is 1.67. The SMILES string of the molecule is Cc1ccc2nc(NCc3ccco3)[nH]c2c1. The van der Waals surface area contributed by atoms with Gasteiger partial charge in [-0.25, -0.2) is 4.98 Å². The summed E-state index contributed by atoms with van der Waals surface area (Å²) < 4.78 is 5.24. The molecule has 17 heavy (non-hydrogen) atoms. The van der Waals surface area contributed by atoms with Gasteiger partial charge in [-0.3, -0.25) is 0 Å². The van der Waals surface area contributed by atoms with Crippen LogP contribution >= 0.6 is 0 Å². The summed E-state index contributed by atoms with van der Waals surface area (Å²) in [5.74, 6) is 1.66. The molecule has 0 bridgehead atoms. The van der Waals surface area contributed by atoms with Crippen LogP contribution < -0.4 is 5.32 Å². The minimum atomic E-state index is 0.631. The molecule has 0 radical (unpaired) electrons. The second-order valence-electron chi connectivity index (χ2n) is 4.04. The van der Waals surface area contributed by atoms with Crippen molar-refractivity contribution in [2.75, 3.05) is 5.32 Å². The lowest BCUT2D eigenvalue weighted by Crippen LogP contribution is -1.99. The van der Waals surface area contributed by atoms with Crippen LogP contribution in [0.2, 0.25) is 0 Å². The van der Waals surface area contributed by atoms with E-state index >= 15 is 0 Å². The van der Waals surface area contributed by atoms with Gasteiger partial charge in [-0.05, 0) is 36.8 Å². The van der Waals surface area contributed by atoms with Gasteiger partial charge in [-0.2, -0.15) is 0 Å². The summed E-state index contributed by atoms with van der Waals surface area (Å²) in [4.78, 5) is 7.68. The third kappa shape index (κ3) is 2.01. The van der Waals surface area contributed by atoms with E-state index in [1.165, 1.54) is 5.56 Å². The van der Waals surface area contributed by atoms with Crippen molar-refractivity contribution in [1.29, 1.82) is 0 Å². The number of hydrogen-bond acceptors (Lipinski definition) is 3. The normalized spacial score (nSPS) is 10.9. The molecule has 3 rings (SSSR count). The highest BCUT2D eigenvalue weighted by atomic mass is 16.3. The van der Waals surface area contributed by atoms with Gasteiger partial charge in [0.25, 0.3) is 0 Å². The average molecular weight is 227 g/mol. The molecule has 0 aliphatic carbocycles. The van der Waals surface area contributed by atoms with E-state index in [2.05, 4.69) is 34.3 Å². The maximum absolute atomic E-state index is 5.24. The zero-order valence-corrected chi connectivity index (χ0v) is 9.53. The molecule has 0 amide bonds. The van der Waals surface area contributed by atoms with Crippen LogP contribution in [0.25, 0.3) is 11.0 Å². The van der Waals surface area contributed by atoms with Crippen molar-refractivity contribution in [3.8, 4) is 0 Å². The number of H-pyrrole nitrogens is 1. The monoisotopic (exact) mass is 227 g/mol. The zero-order valence-electron chi connectivity index (χ0n) is 9.53. The molecule has 4 heteroatoms. The summed E-state index contributed by atoms with van der Waals surface area (Å²) >= 11 is 0. The third-order valence-corrected chi connectivity index (χ3v) is 2.65. The Labute approximate surface area is 98.7 Å². The van der Waals surface area contributed by atoms with Crippen molar-refractivity contribution in [1.82, 2.24) is 9.97 Å². The van der Waals surface area contributed by atoms with Crippen molar-refractivity contribution in [2.45, 2.75) is 13.5 Å². The number of nitrogens with zero attached hydrogens (tertiary/aromatic N) is 1. The van der Waals surface area contributed by atoms with Gasteiger partial charge in [0.2, 0.25) is 5.95 Å². The van der Waals surface area contributed by atoms with Crippen LogP contribution in [0.5, 0.6) is 0 Å². The Balaban J connectivity index is 1.81. The molecule has 4 nitrogen and oxygen atoms in total. The number of rotatable bonds is 3. The van der Waals surface area contributed by atoms with E-state index in [9.17, 15) is 0 Å². The van der Waals surface area contributed by atoms with Crippen LogP contribution in [0.4, 0.5) is 5.95 Å². The Morgan fingerprint density at radius 1 is 1.35 bits per heavy atom. The number of nitrogens with one attached hydrogen (secondary N) is 2. The second-order valence-corrected chi connectivity index (χ2v) is 4.04. The van der Waals surface area contributed by atoms with E-state index in [0.29, 0.717) is 6.54 Å². The van der Waals surface area contributed by atoms with E-state index in [4.69, 9.17) is 4.42 Å². The second kappa shape index (κ2) is 3.97. The smallest absolute Gasteiger partial charge is 0.201 e. The number of imidazole rings is 1. The van der Waals surface area contributed by atoms with Crippen molar-refractivity contribution >= 4 is 17.0 Å². The molecular weight excluding hydrogens is 214 g/mol. The van der Waals surface area contributed by atoms with Gasteiger partial charge >= 0.3 is 0 Å². The van der Waals surface area contributed by atoms with E-state index in [1.807, 2.05) is 18.2 Å². The van der Waals surface area contributed by atoms with Gasteiger partial charge in [-0.15, -0.1) is 0 Å². The average Bonchev–Trinajstić information content (AvgIpc) is 2.94. The summed E-state index contributed by atoms with van der Waals surface area (Å²) in [6.45, 7) is 2.70. The Bertz CT molecular complexity index is 625. The van der Waals surface area contributed by atoms with E-state index in [1.54, 1.807) is 6.26 Å². The largest absolute Gasteiger partial charge is 0.467 e. The first-order valence-corrected chi connectivity index (χ1v) is 5.54. The lowest BCUT2D eigenvalue weighted by Gasteiger charge is -1.98. The van der Waals surface area contributed by atoms with E-state index in [-0.39, 0.29) is 0 Å². The van der Waals surface area contributed by atoms with Gasteiger partial charge in [0.15, 0.2) is 0 Å². The van der Waals surface area contributed by atoms with Crippen molar-refractivity contribution < 1.29 is 4.42 Å². The highest BCUT2D eigenvalue weighted by Gasteiger charge is 2.02. The molecule has 0 spiro atoms. The Morgan fingerprint density at radius 3 is 3.12 bits per heavy atom. The number of aromatic amines is 1. The standard InChI is InChI=1S/C13H13N3O/c1-9-4-5-11-12(7-9)16-13(15-11)14-8-10-3-2-6-17-10/h2-7H,8H2,1H3,(H2,14,15,16). The van der Waals surface area contributed by atoms with Crippen molar-refractivity contribution in [3.05, 3.63) is 47.9 Å². The fourth-order valence-corrected chi connectivity index (χ4v) is 1.79. The lowest BCUT2D eigenvalue weighted by atomic mass is 10.2. The van der Waals surface area contributed by atoms with Crippen LogP contribution in [-0.4, -0.2) is 9.97 Å². The first-order chi connectivity index (χ1) is 8.31. The molecular formula is C13H13N3O. The van der Waals surface area contributed by atoms with Gasteiger partial charge < -0.3 is 14.7 Å². The number of aromatic nitrogens is 2. The molecule has 0 saturated heterocycles. The van der Waals surface area contributed by atoms with Crippen molar-refractivity contribution in [3.63, 3.8) is 0 Å². The minimum Gasteiger partial charge on any atom is -0.467 e. The number of hydrogen-bond donors (Lipinski definition) is 2. The number of benzene rings is 1. The van der Waals surface area contributed by atoms with Gasteiger partial charge in [-0.1, -0.05) is 6.07 Å². The van der Waals surface area contributed by atoms with E-state index in [0.717, 1.165) is 22.7 Å². The van der Waals surface area contributed by atoms with Gasteiger partial charge in [0.1, 0.15) is 5.76 Å². The highest BCUT2D eigenvalue weighted by molar-refractivity contribution is 5.78. The molecule has 2 aromatic heterocycles. The summed E-state index contributed by atoms with van der Waals surface area (Å²) in [5, 5.41) is 3.20. The molecule has 0 unspecified atom stereocenters. The molecule has 0 atom stereocenters. The van der Waals surface area contributed by atoms with E-state index < -0.39 is 0 Å². The van der Waals surface area contributed by atoms with Gasteiger partial charge in [0.05, 0.1) is 23.8 Å². The lowest BCUT2D eigenvalue weighted by molar-refractivity contribution is 0.517. The molecule has 1 aromatic carbocycles. The van der Waals surface area contributed by atoms with Crippen LogP contribution in [-0.2, 0) is 6.54 Å². The fourth-order valence-electron chi connectivity index (χ4n) is 1.79. The number of aryl methyl sites for hydroxylation is 1. The first kappa shape index (κ1) is 9.96. The predicted octanol–water partition coefficient (Wildman–Crippen LogP) is 3.08. The summed E-state index contributed by atoms with van der Waals surface area (Å²) in [5.41, 5.74) is 3.24. The molecule has 0 aliphatic heterocycles. The third-order valence-electron chi connectivity index (χ3n) is 2.65. The zero-order chi connectivity index (χ0) is 11.7. The maximum Gasteiger partial charge on any atom is 0.201 e. The minimum absolute atomic E-state index is 0.631. The van der Waals surface area contributed by atoms with Crippen LogP contribution in [0, 0.1) is 6.92 Å². The molecule has 3 aromatic rings. The molecule has 0 saturated carbocycles. The Morgan fingerprint density at radius 2 is 2.29 bits per heavy atom. The Kier molecular flexibility index (Phi) is 2.33. The van der Waals surface area contributed by atoms with Crippen LogP contribution in [0.15, 0.2) is 41.0 Å². The Hall–Kier alpha value is -2.23. The molecule has 2 N–H and O–H groups in total. The summed E-state index contributed by atoms with van der Waals surface area (Å²) in [6, 6.07) is 9.96. The van der Waals surface area contributed by atoms with Crippen LogP contribution in [0.1, 0.15) is 11.3 Å². The quantitative estimate of drug-likeness (QED) is 0.723. The van der Waals surface area contributed by atoms with Crippen molar-refractivity contribution in [2.24, 2.45) is 0 Å².